The molecule has 0 saturated carbocycles. The number of carbonyl (C=O) groups is 5. The molecule has 0 aromatic heterocycles. The Morgan fingerprint density at radius 2 is 1.70 bits per heavy atom. The summed E-state index contributed by atoms with van der Waals surface area (Å²) in [7, 11) is 0. The summed E-state index contributed by atoms with van der Waals surface area (Å²) in [4.78, 5) is 66.4. The van der Waals surface area contributed by atoms with E-state index in [0.29, 0.717) is 13.1 Å². The number of nitrogens with zero attached hydrogens (tertiary/aromatic N) is 3. The highest BCUT2D eigenvalue weighted by Crippen LogP contribution is 2.43. The third kappa shape index (κ3) is 3.53. The van der Waals surface area contributed by atoms with Gasteiger partial charge in [-0.15, -0.1) is 0 Å². The van der Waals surface area contributed by atoms with Crippen LogP contribution in [0.25, 0.3) is 0 Å². The van der Waals surface area contributed by atoms with Crippen LogP contribution in [0, 0.1) is 5.41 Å². The summed E-state index contributed by atoms with van der Waals surface area (Å²) in [6.45, 7) is 8.26. The molecule has 4 aliphatic heterocycles. The number of fused-ring (bicyclic) bond motifs is 1. The fourth-order valence-corrected chi connectivity index (χ4v) is 5.02. The van der Waals surface area contributed by atoms with Crippen molar-refractivity contribution in [3.63, 3.8) is 0 Å². The topological polar surface area (TPSA) is 116 Å². The Bertz CT molecular complexity index is 1090. The Morgan fingerprint density at radius 1 is 1.03 bits per heavy atom. The monoisotopic (exact) mass is 454 g/mol. The quantitative estimate of drug-likeness (QED) is 0.666. The maximum atomic E-state index is 13.0. The number of anilines is 1. The van der Waals surface area contributed by atoms with E-state index in [4.69, 9.17) is 4.74 Å². The van der Waals surface area contributed by atoms with Crippen LogP contribution in [-0.4, -0.2) is 77.3 Å². The van der Waals surface area contributed by atoms with Gasteiger partial charge in [-0.05, 0) is 45.4 Å². The third-order valence-corrected chi connectivity index (χ3v) is 6.55. The predicted molar refractivity (Wildman–Crippen MR) is 116 cm³/mol. The minimum Gasteiger partial charge on any atom is -0.444 e. The molecule has 174 valence electrons. The van der Waals surface area contributed by atoms with Crippen molar-refractivity contribution in [3.05, 3.63) is 29.3 Å². The molecule has 1 unspecified atom stereocenters. The van der Waals surface area contributed by atoms with E-state index in [1.54, 1.807) is 23.1 Å². The number of rotatable bonds is 2. The highest BCUT2D eigenvalue weighted by atomic mass is 16.6. The lowest BCUT2D eigenvalue weighted by molar-refractivity contribution is -0.136. The molecule has 4 aliphatic rings. The molecule has 33 heavy (non-hydrogen) atoms. The number of piperidine rings is 1. The third-order valence-electron chi connectivity index (χ3n) is 6.55. The molecule has 1 spiro atoms. The van der Waals surface area contributed by atoms with Crippen molar-refractivity contribution in [2.24, 2.45) is 5.41 Å². The summed E-state index contributed by atoms with van der Waals surface area (Å²) >= 11 is 0. The molecule has 5 amide bonds. The maximum absolute atomic E-state index is 13.0. The van der Waals surface area contributed by atoms with E-state index < -0.39 is 35.3 Å². The molecule has 3 saturated heterocycles. The highest BCUT2D eigenvalue weighted by molar-refractivity contribution is 6.23. The van der Waals surface area contributed by atoms with Gasteiger partial charge in [0.05, 0.1) is 11.1 Å². The van der Waals surface area contributed by atoms with Crippen LogP contribution >= 0.6 is 0 Å². The Balaban J connectivity index is 1.24. The lowest BCUT2D eigenvalue weighted by Crippen LogP contribution is -2.73. The molecule has 0 aliphatic carbocycles. The fourth-order valence-electron chi connectivity index (χ4n) is 5.02. The zero-order valence-electron chi connectivity index (χ0n) is 18.8. The predicted octanol–water partition coefficient (Wildman–Crippen LogP) is 1.14. The van der Waals surface area contributed by atoms with Crippen molar-refractivity contribution in [1.82, 2.24) is 15.1 Å². The molecule has 4 heterocycles. The van der Waals surface area contributed by atoms with Crippen molar-refractivity contribution in [1.29, 1.82) is 0 Å². The van der Waals surface area contributed by atoms with E-state index in [-0.39, 0.29) is 35.5 Å². The standard InChI is InChI=1S/C23H26N4O6/c1-22(2,3)33-21(32)26-11-23(12-26)9-25(10-23)13-4-5-14-15(8-13)20(31)27(19(14)30)16-6-7-17(28)24-18(16)29/h4-5,8,16H,6-7,9-12H2,1-3H3,(H,24,28,29). The van der Waals surface area contributed by atoms with Gasteiger partial charge in [0.1, 0.15) is 11.6 Å². The second kappa shape index (κ2) is 7.03. The van der Waals surface area contributed by atoms with Crippen LogP contribution in [0.1, 0.15) is 54.3 Å². The van der Waals surface area contributed by atoms with Gasteiger partial charge in [0.25, 0.3) is 11.8 Å². The average Bonchev–Trinajstić information content (AvgIpc) is 2.89. The normalized spacial score (nSPS) is 23.8. The van der Waals surface area contributed by atoms with Crippen LogP contribution in [0.5, 0.6) is 0 Å². The van der Waals surface area contributed by atoms with Gasteiger partial charge in [-0.1, -0.05) is 0 Å². The fraction of sp³-hybridized carbons (Fsp3) is 0.522. The number of imide groups is 2. The zero-order valence-corrected chi connectivity index (χ0v) is 18.8. The maximum Gasteiger partial charge on any atom is 0.410 e. The Morgan fingerprint density at radius 3 is 2.33 bits per heavy atom. The van der Waals surface area contributed by atoms with Crippen LogP contribution in [0.2, 0.25) is 0 Å². The molecule has 1 atom stereocenters. The molecule has 1 N–H and O–H groups in total. The SMILES string of the molecule is CC(C)(C)OC(=O)N1CC2(C1)CN(c1ccc3c(c1)C(=O)N(C1CCC(=O)NC1=O)C3=O)C2. The molecule has 0 radical (unpaired) electrons. The highest BCUT2D eigenvalue weighted by Gasteiger charge is 2.54. The first-order chi connectivity index (χ1) is 15.5. The summed E-state index contributed by atoms with van der Waals surface area (Å²) in [6, 6.07) is 4.14. The van der Waals surface area contributed by atoms with E-state index >= 15 is 0 Å². The first-order valence-electron chi connectivity index (χ1n) is 11.0. The van der Waals surface area contributed by atoms with E-state index in [1.165, 1.54) is 0 Å². The minimum absolute atomic E-state index is 0.0223. The van der Waals surface area contributed by atoms with Gasteiger partial charge < -0.3 is 14.5 Å². The van der Waals surface area contributed by atoms with Gasteiger partial charge in [-0.2, -0.15) is 0 Å². The number of amides is 5. The first kappa shape index (κ1) is 21.4. The average molecular weight is 454 g/mol. The molecular weight excluding hydrogens is 428 g/mol. The molecule has 0 bridgehead atoms. The molecule has 10 nitrogen and oxygen atoms in total. The number of carbonyl (C=O) groups excluding carboxylic acids is 5. The molecular formula is C23H26N4O6. The molecule has 10 heteroatoms. The van der Waals surface area contributed by atoms with Gasteiger partial charge in [-0.3, -0.25) is 29.4 Å². The van der Waals surface area contributed by atoms with E-state index in [1.807, 2.05) is 20.8 Å². The van der Waals surface area contributed by atoms with Crippen molar-refractivity contribution < 1.29 is 28.7 Å². The second-order valence-electron chi connectivity index (χ2n) is 10.4. The summed E-state index contributed by atoms with van der Waals surface area (Å²) in [6.07, 6.45) is -0.0847. The minimum atomic E-state index is -0.973. The van der Waals surface area contributed by atoms with E-state index in [9.17, 15) is 24.0 Å². The summed E-state index contributed by atoms with van der Waals surface area (Å²) in [5.41, 5.74) is 0.854. The molecule has 1 aromatic carbocycles. The smallest absolute Gasteiger partial charge is 0.410 e. The van der Waals surface area contributed by atoms with Crippen molar-refractivity contribution in [2.75, 3.05) is 31.1 Å². The lowest BCUT2D eigenvalue weighted by atomic mass is 9.72. The Kier molecular flexibility index (Phi) is 4.56. The number of hydrogen-bond acceptors (Lipinski definition) is 7. The largest absolute Gasteiger partial charge is 0.444 e. The number of likely N-dealkylation sites (tertiary alicyclic amines) is 1. The van der Waals surface area contributed by atoms with Crippen molar-refractivity contribution in [2.45, 2.75) is 45.3 Å². The van der Waals surface area contributed by atoms with Crippen LogP contribution in [0.15, 0.2) is 18.2 Å². The zero-order chi connectivity index (χ0) is 23.7. The summed E-state index contributed by atoms with van der Waals surface area (Å²) in [5, 5.41) is 2.20. The van der Waals surface area contributed by atoms with Crippen LogP contribution in [-0.2, 0) is 14.3 Å². The number of benzene rings is 1. The van der Waals surface area contributed by atoms with Gasteiger partial charge in [0.15, 0.2) is 0 Å². The first-order valence-corrected chi connectivity index (χ1v) is 11.0. The second-order valence-corrected chi connectivity index (χ2v) is 10.4. The lowest BCUT2D eigenvalue weighted by Gasteiger charge is -2.60. The number of hydrogen-bond donors (Lipinski definition) is 1. The number of nitrogens with one attached hydrogen (secondary N) is 1. The van der Waals surface area contributed by atoms with Crippen LogP contribution < -0.4 is 10.2 Å². The molecule has 5 rings (SSSR count). The van der Waals surface area contributed by atoms with Crippen molar-refractivity contribution >= 4 is 35.4 Å². The summed E-state index contributed by atoms with van der Waals surface area (Å²) < 4.78 is 5.41. The molecule has 1 aromatic rings. The Hall–Kier alpha value is -3.43. The van der Waals surface area contributed by atoms with Gasteiger partial charge >= 0.3 is 6.09 Å². The van der Waals surface area contributed by atoms with E-state index in [0.717, 1.165) is 23.7 Å². The van der Waals surface area contributed by atoms with E-state index in [2.05, 4.69) is 10.2 Å². The van der Waals surface area contributed by atoms with Crippen molar-refractivity contribution in [3.8, 4) is 0 Å². The number of ether oxygens (including phenoxy) is 1. The van der Waals surface area contributed by atoms with Gasteiger partial charge in [0, 0.05) is 43.7 Å². The van der Waals surface area contributed by atoms with Gasteiger partial charge in [0.2, 0.25) is 11.8 Å². The van der Waals surface area contributed by atoms with Crippen LogP contribution in [0.3, 0.4) is 0 Å². The summed E-state index contributed by atoms with van der Waals surface area (Å²) in [5.74, 6) is -2.04. The Labute approximate surface area is 190 Å². The molecule has 3 fully saturated rings. The van der Waals surface area contributed by atoms with Gasteiger partial charge in [-0.25, -0.2) is 4.79 Å². The van der Waals surface area contributed by atoms with Crippen LogP contribution in [0.4, 0.5) is 10.5 Å².